The van der Waals surface area contributed by atoms with E-state index in [0.717, 1.165) is 0 Å². The monoisotopic (exact) mass is 281 g/mol. The summed E-state index contributed by atoms with van der Waals surface area (Å²) in [6.45, 7) is 15.3. The Morgan fingerprint density at radius 1 is 0.667 bits per heavy atom. The third-order valence-electron chi connectivity index (χ3n) is 5.35. The lowest BCUT2D eigenvalue weighted by Crippen LogP contribution is -2.18. The molecule has 0 aliphatic carbocycles. The van der Waals surface area contributed by atoms with E-state index in [4.69, 9.17) is 5.73 Å². The number of hydrogen-bond acceptors (Lipinski definition) is 1. The van der Waals surface area contributed by atoms with Crippen LogP contribution in [0.4, 0.5) is 0 Å². The Hall–Kier alpha value is -1.60. The van der Waals surface area contributed by atoms with Crippen molar-refractivity contribution in [1.29, 1.82) is 0 Å². The number of aryl methyl sites for hydroxylation is 1. The first-order chi connectivity index (χ1) is 9.77. The van der Waals surface area contributed by atoms with Crippen LogP contribution in [0.15, 0.2) is 18.2 Å². The zero-order valence-corrected chi connectivity index (χ0v) is 14.4. The molecule has 0 aromatic heterocycles. The summed E-state index contributed by atoms with van der Waals surface area (Å²) in [6, 6.07) is 6.37. The SMILES string of the molecule is Cc1cccc(C(N)c2c(C)c(C)c(C)c(C)c2C)c1C. The fourth-order valence-electron chi connectivity index (χ4n) is 3.26. The maximum Gasteiger partial charge on any atom is 0.0559 e. The predicted octanol–water partition coefficient (Wildman–Crippen LogP) is 4.89. The van der Waals surface area contributed by atoms with E-state index in [9.17, 15) is 0 Å². The highest BCUT2D eigenvalue weighted by Gasteiger charge is 2.20. The molecule has 0 heterocycles. The summed E-state index contributed by atoms with van der Waals surface area (Å²) in [5.74, 6) is 0. The van der Waals surface area contributed by atoms with Gasteiger partial charge in [0.1, 0.15) is 0 Å². The van der Waals surface area contributed by atoms with Gasteiger partial charge in [0.25, 0.3) is 0 Å². The number of hydrogen-bond donors (Lipinski definition) is 1. The smallest absolute Gasteiger partial charge is 0.0559 e. The highest BCUT2D eigenvalue weighted by Crippen LogP contribution is 2.33. The zero-order chi connectivity index (χ0) is 15.9. The molecule has 0 spiro atoms. The minimum absolute atomic E-state index is 0.0529. The lowest BCUT2D eigenvalue weighted by molar-refractivity contribution is 0.833. The molecule has 2 N–H and O–H groups in total. The van der Waals surface area contributed by atoms with Crippen molar-refractivity contribution >= 4 is 0 Å². The van der Waals surface area contributed by atoms with Crippen LogP contribution in [0.5, 0.6) is 0 Å². The Kier molecular flexibility index (Phi) is 4.25. The Morgan fingerprint density at radius 2 is 1.14 bits per heavy atom. The van der Waals surface area contributed by atoms with Gasteiger partial charge in [0, 0.05) is 0 Å². The topological polar surface area (TPSA) is 26.0 Å². The number of rotatable bonds is 2. The van der Waals surface area contributed by atoms with Gasteiger partial charge in [-0.1, -0.05) is 18.2 Å². The van der Waals surface area contributed by atoms with Gasteiger partial charge in [0.15, 0.2) is 0 Å². The number of benzene rings is 2. The van der Waals surface area contributed by atoms with Crippen molar-refractivity contribution in [2.45, 2.75) is 54.5 Å². The predicted molar refractivity (Wildman–Crippen MR) is 92.1 cm³/mol. The Labute approximate surface area is 129 Å². The minimum atomic E-state index is -0.0529. The van der Waals surface area contributed by atoms with E-state index < -0.39 is 0 Å². The highest BCUT2D eigenvalue weighted by atomic mass is 14.6. The second-order valence-corrected chi connectivity index (χ2v) is 6.31. The van der Waals surface area contributed by atoms with Crippen molar-refractivity contribution in [2.75, 3.05) is 0 Å². The molecule has 112 valence electrons. The summed E-state index contributed by atoms with van der Waals surface area (Å²) < 4.78 is 0. The van der Waals surface area contributed by atoms with Gasteiger partial charge in [-0.05, 0) is 98.5 Å². The largest absolute Gasteiger partial charge is 0.320 e. The molecule has 1 nitrogen and oxygen atoms in total. The normalized spacial score (nSPS) is 12.6. The molecule has 2 aromatic rings. The molecular weight excluding hydrogens is 254 g/mol. The minimum Gasteiger partial charge on any atom is -0.320 e. The summed E-state index contributed by atoms with van der Waals surface area (Å²) >= 11 is 0. The van der Waals surface area contributed by atoms with Crippen molar-refractivity contribution in [1.82, 2.24) is 0 Å². The van der Waals surface area contributed by atoms with Gasteiger partial charge < -0.3 is 5.73 Å². The standard InChI is InChI=1S/C20H27N/c1-11-9-8-10-18(12(11)2)20(21)19-16(6)14(4)13(3)15(5)17(19)7/h8-10,20H,21H2,1-7H3. The quantitative estimate of drug-likeness (QED) is 0.833. The van der Waals surface area contributed by atoms with Gasteiger partial charge in [-0.2, -0.15) is 0 Å². The molecule has 0 saturated carbocycles. The van der Waals surface area contributed by atoms with Crippen LogP contribution >= 0.6 is 0 Å². The van der Waals surface area contributed by atoms with Gasteiger partial charge in [0.2, 0.25) is 0 Å². The molecule has 0 aliphatic heterocycles. The van der Waals surface area contributed by atoms with Crippen LogP contribution in [0.25, 0.3) is 0 Å². The average molecular weight is 281 g/mol. The first-order valence-electron chi connectivity index (χ1n) is 7.65. The molecule has 0 aliphatic rings. The molecule has 0 radical (unpaired) electrons. The van der Waals surface area contributed by atoms with Crippen LogP contribution in [-0.4, -0.2) is 0 Å². The molecule has 1 unspecified atom stereocenters. The van der Waals surface area contributed by atoms with E-state index >= 15 is 0 Å². The third kappa shape index (κ3) is 2.51. The maximum atomic E-state index is 6.68. The van der Waals surface area contributed by atoms with E-state index in [1.807, 2.05) is 0 Å². The fraction of sp³-hybridized carbons (Fsp3) is 0.400. The number of nitrogens with two attached hydrogens (primary N) is 1. The van der Waals surface area contributed by atoms with E-state index in [1.54, 1.807) is 0 Å². The molecule has 1 atom stereocenters. The molecule has 21 heavy (non-hydrogen) atoms. The summed E-state index contributed by atoms with van der Waals surface area (Å²) in [7, 11) is 0. The molecule has 2 rings (SSSR count). The molecule has 1 heteroatoms. The van der Waals surface area contributed by atoms with Crippen LogP contribution < -0.4 is 5.73 Å². The first-order valence-corrected chi connectivity index (χ1v) is 7.65. The summed E-state index contributed by atoms with van der Waals surface area (Å²) in [5, 5.41) is 0. The molecule has 0 fully saturated rings. The lowest BCUT2D eigenvalue weighted by atomic mass is 9.83. The fourth-order valence-corrected chi connectivity index (χ4v) is 3.26. The van der Waals surface area contributed by atoms with E-state index in [0.29, 0.717) is 0 Å². The second-order valence-electron chi connectivity index (χ2n) is 6.31. The Bertz CT molecular complexity index is 666. The van der Waals surface area contributed by atoms with Crippen LogP contribution in [0.2, 0.25) is 0 Å². The molecule has 0 bridgehead atoms. The molecule has 0 saturated heterocycles. The lowest BCUT2D eigenvalue weighted by Gasteiger charge is -2.25. The summed E-state index contributed by atoms with van der Waals surface area (Å²) in [5.41, 5.74) is 18.6. The van der Waals surface area contributed by atoms with Crippen molar-refractivity contribution < 1.29 is 0 Å². The van der Waals surface area contributed by atoms with E-state index in [2.05, 4.69) is 66.7 Å². The van der Waals surface area contributed by atoms with Crippen LogP contribution in [0, 0.1) is 48.5 Å². The molecule has 2 aromatic carbocycles. The Morgan fingerprint density at radius 3 is 1.67 bits per heavy atom. The van der Waals surface area contributed by atoms with Crippen molar-refractivity contribution in [3.05, 3.63) is 68.3 Å². The Balaban J connectivity index is 2.70. The van der Waals surface area contributed by atoms with Crippen LogP contribution in [0.3, 0.4) is 0 Å². The van der Waals surface area contributed by atoms with Gasteiger partial charge in [-0.25, -0.2) is 0 Å². The second kappa shape index (κ2) is 5.65. The summed E-state index contributed by atoms with van der Waals surface area (Å²) in [4.78, 5) is 0. The van der Waals surface area contributed by atoms with E-state index in [-0.39, 0.29) is 6.04 Å². The third-order valence-corrected chi connectivity index (χ3v) is 5.35. The average Bonchev–Trinajstić information content (AvgIpc) is 2.46. The summed E-state index contributed by atoms with van der Waals surface area (Å²) in [6.07, 6.45) is 0. The van der Waals surface area contributed by atoms with Gasteiger partial charge in [-0.15, -0.1) is 0 Å². The van der Waals surface area contributed by atoms with Crippen molar-refractivity contribution in [3.8, 4) is 0 Å². The van der Waals surface area contributed by atoms with Crippen molar-refractivity contribution in [2.24, 2.45) is 5.73 Å². The van der Waals surface area contributed by atoms with Crippen molar-refractivity contribution in [3.63, 3.8) is 0 Å². The van der Waals surface area contributed by atoms with E-state index in [1.165, 1.54) is 50.1 Å². The molecular formula is C20H27N. The van der Waals surface area contributed by atoms with Gasteiger partial charge in [-0.3, -0.25) is 0 Å². The highest BCUT2D eigenvalue weighted by molar-refractivity contribution is 5.53. The van der Waals surface area contributed by atoms with Crippen LogP contribution in [-0.2, 0) is 0 Å². The first kappa shape index (κ1) is 15.8. The molecule has 0 amide bonds. The van der Waals surface area contributed by atoms with Crippen LogP contribution in [0.1, 0.15) is 56.1 Å². The maximum absolute atomic E-state index is 6.68. The van der Waals surface area contributed by atoms with Gasteiger partial charge >= 0.3 is 0 Å². The zero-order valence-electron chi connectivity index (χ0n) is 14.4. The van der Waals surface area contributed by atoms with Gasteiger partial charge in [0.05, 0.1) is 6.04 Å².